The van der Waals surface area contributed by atoms with E-state index in [-0.39, 0.29) is 6.71 Å². The Morgan fingerprint density at radius 3 is 1.05 bits per heavy atom. The molecular formula is C93H63BN6. The van der Waals surface area contributed by atoms with Crippen molar-refractivity contribution in [3.05, 3.63) is 344 Å². The smallest absolute Gasteiger partial charge is 0.242 e. The second kappa shape index (κ2) is 21.6. The van der Waals surface area contributed by atoms with Gasteiger partial charge in [-0.25, -0.2) is 0 Å². The largest absolute Gasteiger partial charge is 0.309 e. The second-order valence-corrected chi connectivity index (χ2v) is 27.4. The molecule has 21 aromatic rings. The maximum Gasteiger partial charge on any atom is 0.242 e. The first-order valence-corrected chi connectivity index (χ1v) is 34.8. The summed E-state index contributed by atoms with van der Waals surface area (Å²) in [7, 11) is 0. The minimum absolute atomic E-state index is 0.125. The van der Waals surface area contributed by atoms with Crippen molar-refractivity contribution >= 4 is 154 Å². The number of benzene rings is 15. The van der Waals surface area contributed by atoms with E-state index < -0.39 is 0 Å². The molecule has 0 saturated heterocycles. The van der Waals surface area contributed by atoms with Crippen LogP contribution >= 0.6 is 0 Å². The number of rotatable bonds is 9. The van der Waals surface area contributed by atoms with Gasteiger partial charge in [0.2, 0.25) is 6.71 Å². The third-order valence-electron chi connectivity index (χ3n) is 21.7. The molecule has 6 nitrogen and oxygen atoms in total. The van der Waals surface area contributed by atoms with Crippen molar-refractivity contribution in [1.29, 1.82) is 0 Å². The summed E-state index contributed by atoms with van der Waals surface area (Å²) in [4.78, 5) is 0. The lowest BCUT2D eigenvalue weighted by molar-refractivity contribution is 1.16. The topological polar surface area (TPSA) is 29.6 Å². The van der Waals surface area contributed by atoms with Gasteiger partial charge in [0.05, 0.1) is 66.2 Å². The van der Waals surface area contributed by atoms with Crippen LogP contribution in [0.3, 0.4) is 0 Å². The van der Waals surface area contributed by atoms with Gasteiger partial charge in [-0.05, 0) is 160 Å². The number of hydrogen-bond donors (Lipinski definition) is 0. The van der Waals surface area contributed by atoms with Crippen LogP contribution in [0.5, 0.6) is 0 Å². The number of nitrogens with zero attached hydrogens (tertiary/aromatic N) is 6. The average molecular weight is 1280 g/mol. The van der Waals surface area contributed by atoms with Crippen LogP contribution in [0.4, 0.5) is 0 Å². The summed E-state index contributed by atoms with van der Waals surface area (Å²) in [6.45, 7) is 6.74. The molecule has 15 aromatic carbocycles. The highest BCUT2D eigenvalue weighted by Gasteiger charge is 2.30. The van der Waals surface area contributed by atoms with Crippen LogP contribution in [0, 0.1) is 20.8 Å². The van der Waals surface area contributed by atoms with Crippen LogP contribution in [-0.2, 0) is 0 Å². The summed E-state index contributed by atoms with van der Waals surface area (Å²) < 4.78 is 14.9. The summed E-state index contributed by atoms with van der Waals surface area (Å²) in [5.41, 5.74) is 28.6. The van der Waals surface area contributed by atoms with E-state index in [2.05, 4.69) is 376 Å². The fourth-order valence-electron chi connectivity index (χ4n) is 17.8. The third kappa shape index (κ3) is 8.14. The Kier molecular flexibility index (Phi) is 12.2. The fraction of sp³-hybridized carbons (Fsp3) is 0.0323. The van der Waals surface area contributed by atoms with Crippen molar-refractivity contribution in [2.45, 2.75) is 20.8 Å². The SMILES string of the molecule is Cc1cc(C)c(B(c2ccc3c(c2)c2cc(-n4c5ccccc5c5ccc6c(c7ccccc7n6-c6ccccc6)c54)ccc2n3-c2ccccc2)c2ccc3c4cc(-n5c6ccccc6c6cc7c(cc65)c5ccccc5n7-c5ccccc5)ccc4n(-c4ccccc4)c3c2)c(C)c1. The third-order valence-corrected chi connectivity index (χ3v) is 21.7. The van der Waals surface area contributed by atoms with Gasteiger partial charge in [-0.1, -0.05) is 221 Å². The molecule has 21 rings (SSSR count). The molecule has 0 N–H and O–H groups in total. The number of para-hydroxylation sites is 8. The molecule has 7 heteroatoms. The summed E-state index contributed by atoms with van der Waals surface area (Å²) in [6.07, 6.45) is 0. The molecule has 0 amide bonds. The lowest BCUT2D eigenvalue weighted by atomic mass is 9.35. The highest BCUT2D eigenvalue weighted by atomic mass is 15.0. The zero-order valence-electron chi connectivity index (χ0n) is 55.4. The standard InChI is InChI=1S/C93H63BN6/c1-58-50-59(2)92(60(3)51-58)94(61-41-46-84-75(52-61)77-55-68(43-48-86(77)95(84)63-24-8-4-9-25-63)100-82-38-22-16-32-69(82)73-45-49-87-91(93(73)100)74-35-19-23-39-83(74)96(87)64-26-10-5-11-27-64)62-40-44-72-76-54-67(42-47-85(76)98(88(72)53-62)66-30-14-7-15-31-66)99-81-37-21-18-34-71(81)79-56-89-78(57-90(79)99)70-33-17-20-36-80(70)97(89)65-28-12-6-13-29-65/h4-57H,1-3H3. The Balaban J connectivity index is 0.786. The van der Waals surface area contributed by atoms with Gasteiger partial charge in [-0.2, -0.15) is 0 Å². The van der Waals surface area contributed by atoms with Crippen LogP contribution in [0.25, 0.3) is 165 Å². The molecule has 0 saturated carbocycles. The number of hydrogen-bond acceptors (Lipinski definition) is 0. The molecular weight excluding hydrogens is 1210 g/mol. The monoisotopic (exact) mass is 1270 g/mol. The Labute approximate surface area is 577 Å². The molecule has 6 heterocycles. The molecule has 0 fully saturated rings. The highest BCUT2D eigenvalue weighted by molar-refractivity contribution is 6.96. The summed E-state index contributed by atoms with van der Waals surface area (Å²) in [6, 6.07) is 122. The molecule has 0 unspecified atom stereocenters. The zero-order valence-corrected chi connectivity index (χ0v) is 55.4. The van der Waals surface area contributed by atoms with Gasteiger partial charge in [-0.15, -0.1) is 0 Å². The van der Waals surface area contributed by atoms with Gasteiger partial charge < -0.3 is 27.4 Å². The zero-order chi connectivity index (χ0) is 66.0. The Morgan fingerprint density at radius 2 is 0.520 bits per heavy atom. The van der Waals surface area contributed by atoms with Crippen molar-refractivity contribution in [1.82, 2.24) is 27.4 Å². The van der Waals surface area contributed by atoms with E-state index in [1.54, 1.807) is 0 Å². The van der Waals surface area contributed by atoms with Crippen LogP contribution in [0.2, 0.25) is 0 Å². The molecule has 0 aliphatic rings. The molecule has 468 valence electrons. The van der Waals surface area contributed by atoms with Gasteiger partial charge in [0.1, 0.15) is 0 Å². The number of fused-ring (bicyclic) bond motifs is 19. The number of aromatic nitrogens is 6. The first-order chi connectivity index (χ1) is 49.4. The maximum atomic E-state index is 2.54. The van der Waals surface area contributed by atoms with Crippen LogP contribution in [0.15, 0.2) is 328 Å². The van der Waals surface area contributed by atoms with Crippen LogP contribution < -0.4 is 16.4 Å². The van der Waals surface area contributed by atoms with Gasteiger partial charge in [0.15, 0.2) is 0 Å². The van der Waals surface area contributed by atoms with E-state index in [1.807, 2.05) is 0 Å². The Morgan fingerprint density at radius 1 is 0.200 bits per heavy atom. The summed E-state index contributed by atoms with van der Waals surface area (Å²) >= 11 is 0. The lowest BCUT2D eigenvalue weighted by Gasteiger charge is -2.22. The van der Waals surface area contributed by atoms with Gasteiger partial charge in [0, 0.05) is 98.8 Å². The predicted octanol–water partition coefficient (Wildman–Crippen LogP) is 21.7. The maximum absolute atomic E-state index is 2.54. The predicted molar refractivity (Wildman–Crippen MR) is 424 cm³/mol. The van der Waals surface area contributed by atoms with E-state index in [9.17, 15) is 0 Å². The molecule has 0 aliphatic heterocycles. The van der Waals surface area contributed by atoms with Crippen molar-refractivity contribution in [2.75, 3.05) is 0 Å². The molecule has 0 spiro atoms. The quantitative estimate of drug-likeness (QED) is 0.129. The Hall–Kier alpha value is -12.8. The van der Waals surface area contributed by atoms with E-state index in [0.717, 1.165) is 50.7 Å². The van der Waals surface area contributed by atoms with Gasteiger partial charge in [-0.3, -0.25) is 0 Å². The van der Waals surface area contributed by atoms with Gasteiger partial charge in [0.25, 0.3) is 0 Å². The average Bonchev–Trinajstić information content (AvgIpc) is 1.55. The van der Waals surface area contributed by atoms with Crippen molar-refractivity contribution in [2.24, 2.45) is 0 Å². The van der Waals surface area contributed by atoms with E-state index in [4.69, 9.17) is 0 Å². The normalized spacial score (nSPS) is 12.2. The molecule has 6 aromatic heterocycles. The fourth-order valence-corrected chi connectivity index (χ4v) is 17.8. The molecule has 0 atom stereocenters. The molecule has 0 aliphatic carbocycles. The van der Waals surface area contributed by atoms with Gasteiger partial charge >= 0.3 is 0 Å². The van der Waals surface area contributed by atoms with Crippen molar-refractivity contribution in [3.8, 4) is 34.1 Å². The first-order valence-electron chi connectivity index (χ1n) is 34.8. The second-order valence-electron chi connectivity index (χ2n) is 27.4. The van der Waals surface area contributed by atoms with E-state index in [1.165, 1.54) is 147 Å². The first kappa shape index (κ1) is 56.4. The van der Waals surface area contributed by atoms with E-state index in [0.29, 0.717) is 0 Å². The lowest BCUT2D eigenvalue weighted by Crippen LogP contribution is -2.54. The minimum atomic E-state index is -0.125. The van der Waals surface area contributed by atoms with Crippen molar-refractivity contribution in [3.63, 3.8) is 0 Å². The van der Waals surface area contributed by atoms with Crippen LogP contribution in [0.1, 0.15) is 16.7 Å². The molecule has 100 heavy (non-hydrogen) atoms. The van der Waals surface area contributed by atoms with Crippen LogP contribution in [-0.4, -0.2) is 34.1 Å². The highest BCUT2D eigenvalue weighted by Crippen LogP contribution is 2.45. The van der Waals surface area contributed by atoms with Crippen molar-refractivity contribution < 1.29 is 0 Å². The summed E-state index contributed by atoms with van der Waals surface area (Å²) in [5.74, 6) is 0. The Bertz CT molecular complexity index is 6960. The van der Waals surface area contributed by atoms with E-state index >= 15 is 0 Å². The molecule has 0 bridgehead atoms. The molecule has 0 radical (unpaired) electrons. The number of aryl methyl sites for hydroxylation is 3. The minimum Gasteiger partial charge on any atom is -0.309 e. The summed E-state index contributed by atoms with van der Waals surface area (Å²) in [5, 5.41) is 14.7.